The average Bonchev–Trinajstić information content (AvgIpc) is 2.66. The number of benzene rings is 2. The maximum absolute atomic E-state index is 12.3. The second kappa shape index (κ2) is 8.81. The third-order valence-corrected chi connectivity index (χ3v) is 5.13. The van der Waals surface area contributed by atoms with Crippen LogP contribution in [-0.2, 0) is 11.3 Å². The van der Waals surface area contributed by atoms with Crippen molar-refractivity contribution in [3.63, 3.8) is 0 Å². The minimum Gasteiger partial charge on any atom is -0.322 e. The Kier molecular flexibility index (Phi) is 6.24. The number of nitrogens with one attached hydrogen (secondary N) is 3. The molecule has 2 aromatic carbocycles. The molecule has 0 spiro atoms. The highest BCUT2D eigenvalue weighted by atomic mass is 35.5. The molecule has 0 saturated carbocycles. The zero-order valence-corrected chi connectivity index (χ0v) is 15.4. The number of piperazine rings is 1. The molecule has 0 bridgehead atoms. The second-order valence-corrected chi connectivity index (χ2v) is 7.06. The van der Waals surface area contributed by atoms with Crippen molar-refractivity contribution in [1.82, 2.24) is 0 Å². The molecule has 6 heteroatoms. The normalized spacial score (nSPS) is 19.5. The van der Waals surface area contributed by atoms with Crippen molar-refractivity contribution >= 4 is 23.2 Å². The van der Waals surface area contributed by atoms with E-state index in [0.29, 0.717) is 17.3 Å². The smallest absolute Gasteiger partial charge is 0.279 e. The third kappa shape index (κ3) is 4.83. The van der Waals surface area contributed by atoms with Crippen LogP contribution in [0, 0.1) is 11.3 Å². The van der Waals surface area contributed by atoms with Crippen LogP contribution in [0.25, 0.3) is 0 Å². The Morgan fingerprint density at radius 2 is 1.69 bits per heavy atom. The summed E-state index contributed by atoms with van der Waals surface area (Å²) in [5, 5.41) is 12.7. The summed E-state index contributed by atoms with van der Waals surface area (Å²) in [7, 11) is 0. The Bertz CT molecular complexity index is 809. The van der Waals surface area contributed by atoms with Crippen LogP contribution in [0.15, 0.2) is 48.5 Å². The first-order valence-corrected chi connectivity index (χ1v) is 9.23. The number of halogens is 1. The monoisotopic (exact) mass is 370 g/mol. The highest BCUT2D eigenvalue weighted by Gasteiger charge is 2.25. The molecule has 3 N–H and O–H groups in total. The van der Waals surface area contributed by atoms with E-state index < -0.39 is 0 Å². The molecule has 1 fully saturated rings. The Morgan fingerprint density at radius 1 is 1.04 bits per heavy atom. The fourth-order valence-electron chi connectivity index (χ4n) is 3.35. The summed E-state index contributed by atoms with van der Waals surface area (Å²) in [5.41, 5.74) is 2.52. The van der Waals surface area contributed by atoms with Gasteiger partial charge in [0.15, 0.2) is 6.54 Å². The van der Waals surface area contributed by atoms with Gasteiger partial charge in [0.1, 0.15) is 32.7 Å². The number of carbonyl (C=O) groups excluding carboxylic acids is 1. The first-order chi connectivity index (χ1) is 12.7. The lowest BCUT2D eigenvalue weighted by atomic mass is 10.1. The lowest BCUT2D eigenvalue weighted by Crippen LogP contribution is -3.28. The topological polar surface area (TPSA) is 61.8 Å². The molecule has 1 saturated heterocycles. The maximum atomic E-state index is 12.3. The Labute approximate surface area is 158 Å². The van der Waals surface area contributed by atoms with E-state index >= 15 is 0 Å². The molecule has 0 radical (unpaired) electrons. The van der Waals surface area contributed by atoms with Gasteiger partial charge in [-0.1, -0.05) is 41.9 Å². The standard InChI is InChI=1S/C20H21ClN4O/c21-18-7-3-4-8-19(18)23-20(26)15-25-11-9-24(10-12-25)14-17-6-2-1-5-16(17)13-22/h1-8H,9-12,14-15H2,(H,23,26)/p+2. The highest BCUT2D eigenvalue weighted by molar-refractivity contribution is 6.33. The number of rotatable bonds is 5. The third-order valence-electron chi connectivity index (χ3n) is 4.80. The van der Waals surface area contributed by atoms with Gasteiger partial charge in [0.25, 0.3) is 5.91 Å². The molecule has 5 nitrogen and oxygen atoms in total. The molecule has 2 aromatic rings. The molecule has 26 heavy (non-hydrogen) atoms. The van der Waals surface area contributed by atoms with Crippen LogP contribution in [0.3, 0.4) is 0 Å². The van der Waals surface area contributed by atoms with Gasteiger partial charge in [-0.25, -0.2) is 0 Å². The van der Waals surface area contributed by atoms with Crippen LogP contribution in [0.2, 0.25) is 5.02 Å². The summed E-state index contributed by atoms with van der Waals surface area (Å²) in [6, 6.07) is 17.3. The highest BCUT2D eigenvalue weighted by Crippen LogP contribution is 2.19. The van der Waals surface area contributed by atoms with Gasteiger partial charge in [0, 0.05) is 5.56 Å². The molecule has 0 unspecified atom stereocenters. The minimum absolute atomic E-state index is 0.00799. The second-order valence-electron chi connectivity index (χ2n) is 6.65. The zero-order valence-electron chi connectivity index (χ0n) is 14.6. The fourth-order valence-corrected chi connectivity index (χ4v) is 3.53. The summed E-state index contributed by atoms with van der Waals surface area (Å²) < 4.78 is 0. The van der Waals surface area contributed by atoms with E-state index in [4.69, 9.17) is 11.6 Å². The van der Waals surface area contributed by atoms with Crippen molar-refractivity contribution in [1.29, 1.82) is 5.26 Å². The van der Waals surface area contributed by atoms with Crippen LogP contribution in [0.4, 0.5) is 5.69 Å². The van der Waals surface area contributed by atoms with Crippen molar-refractivity contribution in [2.75, 3.05) is 38.0 Å². The van der Waals surface area contributed by atoms with E-state index in [1.807, 2.05) is 42.5 Å². The molecule has 1 aliphatic rings. The van der Waals surface area contributed by atoms with Gasteiger partial charge in [0.2, 0.25) is 0 Å². The van der Waals surface area contributed by atoms with Crippen LogP contribution in [0.1, 0.15) is 11.1 Å². The number of carbonyl (C=O) groups is 1. The van der Waals surface area contributed by atoms with Crippen molar-refractivity contribution in [2.45, 2.75) is 6.54 Å². The number of anilines is 1. The van der Waals surface area contributed by atoms with Crippen LogP contribution in [-0.4, -0.2) is 38.6 Å². The quantitative estimate of drug-likeness (QED) is 0.701. The van der Waals surface area contributed by atoms with E-state index in [1.165, 1.54) is 9.80 Å². The number of amides is 1. The van der Waals surface area contributed by atoms with Crippen LogP contribution < -0.4 is 15.1 Å². The number of quaternary nitrogens is 2. The Morgan fingerprint density at radius 3 is 2.42 bits per heavy atom. The van der Waals surface area contributed by atoms with Crippen molar-refractivity contribution in [3.05, 3.63) is 64.7 Å². The van der Waals surface area contributed by atoms with Gasteiger partial charge in [-0.15, -0.1) is 0 Å². The van der Waals surface area contributed by atoms with Crippen molar-refractivity contribution in [3.8, 4) is 6.07 Å². The number of para-hydroxylation sites is 1. The van der Waals surface area contributed by atoms with E-state index in [0.717, 1.165) is 43.9 Å². The fraction of sp³-hybridized carbons (Fsp3) is 0.300. The Balaban J connectivity index is 1.47. The Hall–Kier alpha value is -2.39. The largest absolute Gasteiger partial charge is 0.322 e. The van der Waals surface area contributed by atoms with Gasteiger partial charge in [-0.2, -0.15) is 5.26 Å². The summed E-state index contributed by atoms with van der Waals surface area (Å²) in [4.78, 5) is 15.0. The lowest BCUT2D eigenvalue weighted by molar-refractivity contribution is -1.02. The number of hydrogen-bond acceptors (Lipinski definition) is 2. The number of nitrogens with zero attached hydrogens (tertiary/aromatic N) is 1. The molecule has 0 aliphatic carbocycles. The first kappa shape index (κ1) is 18.4. The van der Waals surface area contributed by atoms with Crippen molar-refractivity contribution < 1.29 is 14.6 Å². The molecular formula is C20H23ClN4O+2. The summed E-state index contributed by atoms with van der Waals surface area (Å²) in [5.74, 6) is -0.00799. The predicted molar refractivity (Wildman–Crippen MR) is 101 cm³/mol. The van der Waals surface area contributed by atoms with Crippen LogP contribution in [0.5, 0.6) is 0 Å². The number of nitriles is 1. The minimum atomic E-state index is -0.00799. The molecule has 134 valence electrons. The van der Waals surface area contributed by atoms with Gasteiger partial charge in [-0.3, -0.25) is 4.79 Å². The SMILES string of the molecule is N#Cc1ccccc1C[NH+]1CC[NH+](CC(=O)Nc2ccccc2Cl)CC1. The van der Waals surface area contributed by atoms with Crippen LogP contribution >= 0.6 is 11.6 Å². The molecule has 1 aliphatic heterocycles. The molecule has 1 amide bonds. The average molecular weight is 371 g/mol. The van der Waals surface area contributed by atoms with E-state index in [9.17, 15) is 10.1 Å². The molecule has 0 aromatic heterocycles. The first-order valence-electron chi connectivity index (χ1n) is 8.85. The molecule has 0 atom stereocenters. The number of hydrogen-bond donors (Lipinski definition) is 3. The van der Waals surface area contributed by atoms with E-state index in [1.54, 1.807) is 6.07 Å². The molecular weight excluding hydrogens is 348 g/mol. The van der Waals surface area contributed by atoms with Gasteiger partial charge < -0.3 is 15.1 Å². The van der Waals surface area contributed by atoms with Gasteiger partial charge in [0.05, 0.1) is 22.3 Å². The molecule has 1 heterocycles. The van der Waals surface area contributed by atoms with Crippen molar-refractivity contribution in [2.24, 2.45) is 0 Å². The summed E-state index contributed by atoms with van der Waals surface area (Å²) in [6.07, 6.45) is 0. The zero-order chi connectivity index (χ0) is 18.4. The predicted octanol–water partition coefficient (Wildman–Crippen LogP) is 0.134. The van der Waals surface area contributed by atoms with E-state index in [2.05, 4.69) is 11.4 Å². The molecule has 3 rings (SSSR count). The van der Waals surface area contributed by atoms with E-state index in [-0.39, 0.29) is 5.91 Å². The summed E-state index contributed by atoms with van der Waals surface area (Å²) in [6.45, 7) is 5.19. The lowest BCUT2D eigenvalue weighted by Gasteiger charge is -2.29. The van der Waals surface area contributed by atoms with Gasteiger partial charge in [-0.05, 0) is 18.2 Å². The summed E-state index contributed by atoms with van der Waals surface area (Å²) >= 11 is 6.08. The maximum Gasteiger partial charge on any atom is 0.279 e. The van der Waals surface area contributed by atoms with Gasteiger partial charge >= 0.3 is 0 Å².